The van der Waals surface area contributed by atoms with Gasteiger partial charge in [-0.2, -0.15) is 5.10 Å². The Labute approximate surface area is 178 Å². The number of amides is 1. The van der Waals surface area contributed by atoms with Gasteiger partial charge in [0.15, 0.2) is 6.10 Å². The molecule has 1 aliphatic heterocycles. The maximum atomic E-state index is 12.8. The molecule has 156 valence electrons. The van der Waals surface area contributed by atoms with Crippen LogP contribution in [0.4, 0.5) is 11.7 Å². The highest BCUT2D eigenvalue weighted by atomic mass is 16.5. The summed E-state index contributed by atoms with van der Waals surface area (Å²) in [6.07, 6.45) is 2.94. The number of para-hydroxylation sites is 2. The van der Waals surface area contributed by atoms with Crippen LogP contribution in [0.15, 0.2) is 71.4 Å². The Bertz CT molecular complexity index is 1190. The molecule has 0 fully saturated rings. The molecule has 0 radical (unpaired) electrons. The maximum Gasteiger partial charge on any atom is 0.322 e. The normalized spacial score (nSPS) is 15.3. The number of nitrogens with one attached hydrogen (secondary N) is 1. The van der Waals surface area contributed by atoms with E-state index < -0.39 is 6.10 Å². The van der Waals surface area contributed by atoms with E-state index in [1.54, 1.807) is 13.1 Å². The number of rotatable bonds is 5. The van der Waals surface area contributed by atoms with Crippen LogP contribution in [-0.4, -0.2) is 38.5 Å². The number of ether oxygens (including phenoxy) is 1. The Kier molecular flexibility index (Phi) is 4.83. The molecule has 9 heteroatoms. The van der Waals surface area contributed by atoms with Crippen LogP contribution in [0, 0.1) is 6.92 Å². The molecular weight excluding hydrogens is 396 g/mol. The van der Waals surface area contributed by atoms with E-state index >= 15 is 0 Å². The summed E-state index contributed by atoms with van der Waals surface area (Å²) in [6.45, 7) is 2.68. The second-order valence-corrected chi connectivity index (χ2v) is 7.19. The van der Waals surface area contributed by atoms with Crippen molar-refractivity contribution in [3.8, 4) is 11.4 Å². The second kappa shape index (κ2) is 7.94. The summed E-state index contributed by atoms with van der Waals surface area (Å²) in [6, 6.07) is 17.8. The summed E-state index contributed by atoms with van der Waals surface area (Å²) in [7, 11) is 0. The van der Waals surface area contributed by atoms with Gasteiger partial charge in [-0.15, -0.1) is 5.10 Å². The lowest BCUT2D eigenvalue weighted by atomic mass is 10.1. The zero-order valence-electron chi connectivity index (χ0n) is 16.8. The largest absolute Gasteiger partial charge is 0.477 e. The molecule has 2 aromatic heterocycles. The summed E-state index contributed by atoms with van der Waals surface area (Å²) in [5, 5.41) is 14.4. The molecular formula is C22H20N6O3. The van der Waals surface area contributed by atoms with E-state index in [-0.39, 0.29) is 11.9 Å². The summed E-state index contributed by atoms with van der Waals surface area (Å²) in [4.78, 5) is 14.9. The predicted molar refractivity (Wildman–Crippen MR) is 113 cm³/mol. The summed E-state index contributed by atoms with van der Waals surface area (Å²) in [5.41, 5.74) is 3.04. The zero-order chi connectivity index (χ0) is 21.2. The van der Waals surface area contributed by atoms with Crippen molar-refractivity contribution in [2.24, 2.45) is 0 Å². The van der Waals surface area contributed by atoms with Crippen LogP contribution < -0.4 is 15.0 Å². The zero-order valence-corrected chi connectivity index (χ0v) is 16.8. The van der Waals surface area contributed by atoms with Crippen molar-refractivity contribution in [2.45, 2.75) is 19.6 Å². The Morgan fingerprint density at radius 1 is 1.13 bits per heavy atom. The SMILES string of the molecule is Cc1nnc(NC(=O)C2CN(Cc3ccc(-n4cccn4)cc3)c3ccccc3O2)o1. The number of benzene rings is 2. The lowest BCUT2D eigenvalue weighted by Crippen LogP contribution is -2.46. The van der Waals surface area contributed by atoms with E-state index in [2.05, 4.69) is 37.6 Å². The van der Waals surface area contributed by atoms with Crippen molar-refractivity contribution in [1.29, 1.82) is 0 Å². The highest BCUT2D eigenvalue weighted by Gasteiger charge is 2.31. The molecule has 0 aliphatic carbocycles. The molecule has 1 aliphatic rings. The van der Waals surface area contributed by atoms with Gasteiger partial charge >= 0.3 is 6.01 Å². The van der Waals surface area contributed by atoms with Gasteiger partial charge in [0.25, 0.3) is 5.91 Å². The van der Waals surface area contributed by atoms with Crippen LogP contribution >= 0.6 is 0 Å². The van der Waals surface area contributed by atoms with E-state index in [4.69, 9.17) is 9.15 Å². The van der Waals surface area contributed by atoms with Crippen molar-refractivity contribution in [3.05, 3.63) is 78.4 Å². The fourth-order valence-electron chi connectivity index (χ4n) is 3.52. The van der Waals surface area contributed by atoms with Gasteiger partial charge in [-0.05, 0) is 35.9 Å². The van der Waals surface area contributed by atoms with Gasteiger partial charge in [-0.1, -0.05) is 29.4 Å². The Morgan fingerprint density at radius 3 is 2.71 bits per heavy atom. The molecule has 1 atom stereocenters. The summed E-state index contributed by atoms with van der Waals surface area (Å²) in [5.74, 6) is 0.700. The Balaban J connectivity index is 1.35. The number of aromatic nitrogens is 4. The lowest BCUT2D eigenvalue weighted by Gasteiger charge is -2.35. The average Bonchev–Trinajstić information content (AvgIpc) is 3.46. The van der Waals surface area contributed by atoms with Gasteiger partial charge in [0, 0.05) is 25.9 Å². The number of aryl methyl sites for hydroxylation is 1. The first kappa shape index (κ1) is 18.9. The van der Waals surface area contributed by atoms with Gasteiger partial charge in [0.05, 0.1) is 17.9 Å². The number of nitrogens with zero attached hydrogens (tertiary/aromatic N) is 5. The first-order valence-electron chi connectivity index (χ1n) is 9.86. The second-order valence-electron chi connectivity index (χ2n) is 7.19. The monoisotopic (exact) mass is 416 g/mol. The highest BCUT2D eigenvalue weighted by Crippen LogP contribution is 2.34. The molecule has 9 nitrogen and oxygen atoms in total. The Hall–Kier alpha value is -4.14. The van der Waals surface area contributed by atoms with E-state index in [0.717, 1.165) is 16.9 Å². The van der Waals surface area contributed by atoms with Crippen molar-refractivity contribution in [2.75, 3.05) is 16.8 Å². The van der Waals surface area contributed by atoms with Crippen molar-refractivity contribution in [1.82, 2.24) is 20.0 Å². The van der Waals surface area contributed by atoms with Gasteiger partial charge in [0.2, 0.25) is 5.89 Å². The molecule has 5 rings (SSSR count). The fraction of sp³-hybridized carbons (Fsp3) is 0.182. The highest BCUT2D eigenvalue weighted by molar-refractivity contribution is 5.93. The first-order chi connectivity index (χ1) is 15.2. The van der Waals surface area contributed by atoms with E-state index in [9.17, 15) is 4.79 Å². The Morgan fingerprint density at radius 2 is 1.97 bits per heavy atom. The minimum atomic E-state index is -0.717. The van der Waals surface area contributed by atoms with Gasteiger partial charge in [-0.3, -0.25) is 10.1 Å². The van der Waals surface area contributed by atoms with Crippen molar-refractivity contribution in [3.63, 3.8) is 0 Å². The molecule has 0 saturated heterocycles. The minimum Gasteiger partial charge on any atom is -0.477 e. The molecule has 2 aromatic carbocycles. The molecule has 0 bridgehead atoms. The number of hydrogen-bond donors (Lipinski definition) is 1. The quantitative estimate of drug-likeness (QED) is 0.534. The topological polar surface area (TPSA) is 98.3 Å². The number of anilines is 2. The van der Waals surface area contributed by atoms with Crippen LogP contribution in [0.1, 0.15) is 11.5 Å². The van der Waals surface area contributed by atoms with Crippen LogP contribution in [0.5, 0.6) is 5.75 Å². The van der Waals surface area contributed by atoms with Crippen LogP contribution in [0.2, 0.25) is 0 Å². The van der Waals surface area contributed by atoms with Crippen molar-refractivity contribution < 1.29 is 13.9 Å². The van der Waals surface area contributed by atoms with E-state index in [1.165, 1.54) is 0 Å². The first-order valence-corrected chi connectivity index (χ1v) is 9.86. The molecule has 3 heterocycles. The number of carbonyl (C=O) groups is 1. The lowest BCUT2D eigenvalue weighted by molar-refractivity contribution is -0.122. The number of carbonyl (C=O) groups excluding carboxylic acids is 1. The molecule has 31 heavy (non-hydrogen) atoms. The van der Waals surface area contributed by atoms with Crippen molar-refractivity contribution >= 4 is 17.6 Å². The van der Waals surface area contributed by atoms with Crippen LogP contribution in [-0.2, 0) is 11.3 Å². The van der Waals surface area contributed by atoms with Crippen LogP contribution in [0.25, 0.3) is 5.69 Å². The molecule has 0 spiro atoms. The maximum absolute atomic E-state index is 12.8. The van der Waals surface area contributed by atoms with E-state index in [1.807, 2.05) is 53.3 Å². The van der Waals surface area contributed by atoms with Crippen LogP contribution in [0.3, 0.4) is 0 Å². The standard InChI is InChI=1S/C22H20N6O3/c1-15-25-26-22(30-15)24-21(29)20-14-27(18-5-2-3-6-19(18)31-20)13-16-7-9-17(10-8-16)28-12-4-11-23-28/h2-12,20H,13-14H2,1H3,(H,24,26,29). The molecule has 1 unspecified atom stereocenters. The fourth-order valence-corrected chi connectivity index (χ4v) is 3.52. The third kappa shape index (κ3) is 3.97. The average molecular weight is 416 g/mol. The molecule has 4 aromatic rings. The molecule has 1 N–H and O–H groups in total. The smallest absolute Gasteiger partial charge is 0.322 e. The third-order valence-electron chi connectivity index (χ3n) is 4.99. The number of fused-ring (bicyclic) bond motifs is 1. The molecule has 0 saturated carbocycles. The predicted octanol–water partition coefficient (Wildman–Crippen LogP) is 2.97. The minimum absolute atomic E-state index is 0.0609. The van der Waals surface area contributed by atoms with Gasteiger partial charge in [0.1, 0.15) is 5.75 Å². The summed E-state index contributed by atoms with van der Waals surface area (Å²) < 4.78 is 13.0. The van der Waals surface area contributed by atoms with Gasteiger partial charge in [-0.25, -0.2) is 4.68 Å². The van der Waals surface area contributed by atoms with E-state index in [0.29, 0.717) is 24.7 Å². The van der Waals surface area contributed by atoms with Gasteiger partial charge < -0.3 is 14.1 Å². The molecule has 1 amide bonds. The third-order valence-corrected chi connectivity index (χ3v) is 4.99. The summed E-state index contributed by atoms with van der Waals surface area (Å²) >= 11 is 0. The number of hydrogen-bond acceptors (Lipinski definition) is 7.